The highest BCUT2D eigenvalue weighted by molar-refractivity contribution is 7.16. The molecule has 0 N–H and O–H groups in total. The predicted molar refractivity (Wildman–Crippen MR) is 52.0 cm³/mol. The summed E-state index contributed by atoms with van der Waals surface area (Å²) in [6.45, 7) is 0. The van der Waals surface area contributed by atoms with Gasteiger partial charge < -0.3 is 0 Å². The molecule has 0 aliphatic heterocycles. The van der Waals surface area contributed by atoms with E-state index in [1.807, 2.05) is 6.07 Å². The number of carbonyl (C=O) groups excluding carboxylic acids is 1. The first-order valence-corrected chi connectivity index (χ1v) is 4.77. The third kappa shape index (κ3) is 1.59. The fourth-order valence-corrected chi connectivity index (χ4v) is 1.77. The van der Waals surface area contributed by atoms with Crippen molar-refractivity contribution in [2.24, 2.45) is 0 Å². The summed E-state index contributed by atoms with van der Waals surface area (Å²) in [5.74, 6) is -0.512. The minimum absolute atomic E-state index is 0.435. The van der Waals surface area contributed by atoms with E-state index in [0.29, 0.717) is 5.56 Å². The largest absolute Gasteiger partial charge is 0.373 e. The van der Waals surface area contributed by atoms with Gasteiger partial charge in [-0.2, -0.15) is 4.89 Å². The zero-order valence-electron chi connectivity index (χ0n) is 7.39. The Balaban J connectivity index is 2.38. The SMILES string of the molecule is COOC(=O)c1ccc2scnc2c1. The summed E-state index contributed by atoms with van der Waals surface area (Å²) in [6, 6.07) is 5.19. The minimum Gasteiger partial charge on any atom is -0.293 e. The van der Waals surface area contributed by atoms with E-state index in [2.05, 4.69) is 14.8 Å². The second-order valence-electron chi connectivity index (χ2n) is 2.57. The molecule has 4 nitrogen and oxygen atoms in total. The van der Waals surface area contributed by atoms with Crippen LogP contribution in [-0.2, 0) is 9.78 Å². The first-order chi connectivity index (χ1) is 6.81. The quantitative estimate of drug-likeness (QED) is 0.560. The van der Waals surface area contributed by atoms with Crippen LogP contribution in [0.3, 0.4) is 0 Å². The van der Waals surface area contributed by atoms with Crippen LogP contribution in [0.15, 0.2) is 23.7 Å². The molecule has 1 heterocycles. The van der Waals surface area contributed by atoms with Gasteiger partial charge in [0.25, 0.3) is 0 Å². The fourth-order valence-electron chi connectivity index (χ4n) is 1.11. The lowest BCUT2D eigenvalue weighted by atomic mass is 10.2. The van der Waals surface area contributed by atoms with E-state index >= 15 is 0 Å². The molecule has 0 bridgehead atoms. The highest BCUT2D eigenvalue weighted by Crippen LogP contribution is 2.19. The van der Waals surface area contributed by atoms with Crippen LogP contribution in [0.4, 0.5) is 0 Å². The monoisotopic (exact) mass is 209 g/mol. The van der Waals surface area contributed by atoms with Crippen molar-refractivity contribution in [3.8, 4) is 0 Å². The normalized spacial score (nSPS) is 10.4. The molecular weight excluding hydrogens is 202 g/mol. The minimum atomic E-state index is -0.512. The molecule has 0 saturated heterocycles. The zero-order chi connectivity index (χ0) is 9.97. The van der Waals surface area contributed by atoms with Gasteiger partial charge in [0, 0.05) is 0 Å². The maximum Gasteiger partial charge on any atom is 0.373 e. The Morgan fingerprint density at radius 2 is 2.36 bits per heavy atom. The lowest BCUT2D eigenvalue weighted by molar-refractivity contribution is -0.216. The van der Waals surface area contributed by atoms with Gasteiger partial charge in [0.2, 0.25) is 0 Å². The molecular formula is C9H7NO3S. The smallest absolute Gasteiger partial charge is 0.293 e. The Bertz CT molecular complexity index is 466. The first-order valence-electron chi connectivity index (χ1n) is 3.89. The van der Waals surface area contributed by atoms with E-state index in [1.165, 1.54) is 18.4 Å². The van der Waals surface area contributed by atoms with Gasteiger partial charge in [-0.05, 0) is 18.2 Å². The van der Waals surface area contributed by atoms with Crippen LogP contribution in [0.25, 0.3) is 10.2 Å². The van der Waals surface area contributed by atoms with E-state index in [-0.39, 0.29) is 0 Å². The van der Waals surface area contributed by atoms with Crippen molar-refractivity contribution in [3.05, 3.63) is 29.3 Å². The van der Waals surface area contributed by atoms with E-state index in [1.54, 1.807) is 17.6 Å². The number of nitrogens with zero attached hydrogens (tertiary/aromatic N) is 1. The molecule has 0 aliphatic rings. The molecule has 5 heteroatoms. The third-order valence-corrected chi connectivity index (χ3v) is 2.54. The Morgan fingerprint density at radius 1 is 1.50 bits per heavy atom. The second kappa shape index (κ2) is 3.73. The lowest BCUT2D eigenvalue weighted by Crippen LogP contribution is -2.03. The molecule has 2 rings (SSSR count). The first kappa shape index (κ1) is 9.11. The van der Waals surface area contributed by atoms with Crippen molar-refractivity contribution in [1.82, 2.24) is 4.98 Å². The number of hydrogen-bond donors (Lipinski definition) is 0. The standard InChI is InChI=1S/C9H7NO3S/c1-12-13-9(11)6-2-3-8-7(4-6)10-5-14-8/h2-5H,1H3. The number of thiazole rings is 1. The molecule has 0 fully saturated rings. The molecule has 1 aromatic heterocycles. The van der Waals surface area contributed by atoms with Gasteiger partial charge in [-0.25, -0.2) is 9.78 Å². The van der Waals surface area contributed by atoms with Crippen molar-refractivity contribution >= 4 is 27.5 Å². The second-order valence-corrected chi connectivity index (χ2v) is 3.46. The van der Waals surface area contributed by atoms with E-state index < -0.39 is 5.97 Å². The van der Waals surface area contributed by atoms with E-state index in [9.17, 15) is 4.79 Å². The number of rotatable bonds is 2. The summed E-state index contributed by atoms with van der Waals surface area (Å²) in [6.07, 6.45) is 0. The predicted octanol–water partition coefficient (Wildman–Crippen LogP) is 2.01. The molecule has 0 spiro atoms. The molecule has 72 valence electrons. The van der Waals surface area contributed by atoms with E-state index in [4.69, 9.17) is 0 Å². The third-order valence-electron chi connectivity index (χ3n) is 1.73. The van der Waals surface area contributed by atoms with Crippen molar-refractivity contribution < 1.29 is 14.6 Å². The summed E-state index contributed by atoms with van der Waals surface area (Å²) >= 11 is 1.53. The van der Waals surface area contributed by atoms with Crippen LogP contribution in [-0.4, -0.2) is 18.1 Å². The van der Waals surface area contributed by atoms with Crippen molar-refractivity contribution in [2.75, 3.05) is 7.11 Å². The van der Waals surface area contributed by atoms with Crippen LogP contribution >= 0.6 is 11.3 Å². The molecule has 0 unspecified atom stereocenters. The van der Waals surface area contributed by atoms with Gasteiger partial charge in [0.05, 0.1) is 28.4 Å². The maximum atomic E-state index is 11.2. The summed E-state index contributed by atoms with van der Waals surface area (Å²) in [7, 11) is 1.29. The average Bonchev–Trinajstić information content (AvgIpc) is 2.64. The van der Waals surface area contributed by atoms with Crippen LogP contribution in [0.1, 0.15) is 10.4 Å². The van der Waals surface area contributed by atoms with Gasteiger partial charge in [-0.1, -0.05) is 0 Å². The van der Waals surface area contributed by atoms with Crippen molar-refractivity contribution in [1.29, 1.82) is 0 Å². The van der Waals surface area contributed by atoms with Crippen LogP contribution in [0.5, 0.6) is 0 Å². The molecule has 0 aliphatic carbocycles. The summed E-state index contributed by atoms with van der Waals surface area (Å²) in [4.78, 5) is 24.0. The molecule has 1 aromatic carbocycles. The molecule has 2 aromatic rings. The Morgan fingerprint density at radius 3 is 3.14 bits per heavy atom. The number of hydrogen-bond acceptors (Lipinski definition) is 5. The average molecular weight is 209 g/mol. The summed E-state index contributed by atoms with van der Waals surface area (Å²) in [5.41, 5.74) is 2.96. The van der Waals surface area contributed by atoms with Gasteiger partial charge in [-0.15, -0.1) is 11.3 Å². The summed E-state index contributed by atoms with van der Waals surface area (Å²) in [5, 5.41) is 0. The highest BCUT2D eigenvalue weighted by atomic mass is 32.1. The number of benzene rings is 1. The lowest BCUT2D eigenvalue weighted by Gasteiger charge is -1.98. The molecule has 0 saturated carbocycles. The van der Waals surface area contributed by atoms with E-state index in [0.717, 1.165) is 10.2 Å². The summed E-state index contributed by atoms with van der Waals surface area (Å²) < 4.78 is 1.04. The van der Waals surface area contributed by atoms with Crippen LogP contribution in [0, 0.1) is 0 Å². The molecule has 0 radical (unpaired) electrons. The van der Waals surface area contributed by atoms with Crippen molar-refractivity contribution in [3.63, 3.8) is 0 Å². The van der Waals surface area contributed by atoms with Gasteiger partial charge in [0.15, 0.2) is 0 Å². The van der Waals surface area contributed by atoms with Gasteiger partial charge in [-0.3, -0.25) is 4.89 Å². The molecule has 0 amide bonds. The van der Waals surface area contributed by atoms with Crippen LogP contribution < -0.4 is 0 Å². The maximum absolute atomic E-state index is 11.2. The van der Waals surface area contributed by atoms with Gasteiger partial charge >= 0.3 is 5.97 Å². The number of aromatic nitrogens is 1. The zero-order valence-corrected chi connectivity index (χ0v) is 8.21. The molecule has 14 heavy (non-hydrogen) atoms. The Hall–Kier alpha value is -1.46. The Kier molecular flexibility index (Phi) is 2.43. The molecule has 0 atom stereocenters. The van der Waals surface area contributed by atoms with Crippen molar-refractivity contribution in [2.45, 2.75) is 0 Å². The Labute approximate surface area is 84.0 Å². The van der Waals surface area contributed by atoms with Gasteiger partial charge in [0.1, 0.15) is 0 Å². The number of carbonyl (C=O) groups is 1. The van der Waals surface area contributed by atoms with Crippen LogP contribution in [0.2, 0.25) is 0 Å². The fraction of sp³-hybridized carbons (Fsp3) is 0.111. The topological polar surface area (TPSA) is 48.4 Å². The highest BCUT2D eigenvalue weighted by Gasteiger charge is 2.08. The number of fused-ring (bicyclic) bond motifs is 1.